The highest BCUT2D eigenvalue weighted by atomic mass is 28.4. The van der Waals surface area contributed by atoms with Crippen LogP contribution >= 0.6 is 0 Å². The molecule has 7 heteroatoms. The second kappa shape index (κ2) is 14.5. The summed E-state index contributed by atoms with van der Waals surface area (Å²) in [6.45, 7) is 14.5. The first-order valence-corrected chi connectivity index (χ1v) is 16.1. The van der Waals surface area contributed by atoms with Gasteiger partial charge in [0.1, 0.15) is 30.7 Å². The van der Waals surface area contributed by atoms with E-state index in [1.165, 1.54) is 0 Å². The Labute approximate surface area is 229 Å². The number of hydrogen-bond acceptors (Lipinski definition) is 6. The maximum Gasteiger partial charge on any atom is 0.200 e. The summed E-state index contributed by atoms with van der Waals surface area (Å²) < 4.78 is 26.1. The van der Waals surface area contributed by atoms with Crippen molar-refractivity contribution in [3.05, 3.63) is 71.8 Å². The van der Waals surface area contributed by atoms with Crippen LogP contribution in [0, 0.1) is 0 Å². The summed E-state index contributed by atoms with van der Waals surface area (Å²) >= 11 is 0. The van der Waals surface area contributed by atoms with Gasteiger partial charge in [-0.25, -0.2) is 0 Å². The molecular weight excluding hydrogens is 496 g/mol. The Morgan fingerprint density at radius 2 is 1.26 bits per heavy atom. The van der Waals surface area contributed by atoms with E-state index in [2.05, 4.69) is 41.5 Å². The zero-order valence-electron chi connectivity index (χ0n) is 23.8. The summed E-state index contributed by atoms with van der Waals surface area (Å²) in [6.07, 6.45) is -2.57. The Morgan fingerprint density at radius 3 is 1.71 bits per heavy atom. The number of carbonyl (C=O) groups excluding carboxylic acids is 1. The monoisotopic (exact) mass is 542 g/mol. The topological polar surface area (TPSA) is 74.2 Å². The minimum atomic E-state index is -2.19. The van der Waals surface area contributed by atoms with Gasteiger partial charge in [0.15, 0.2) is 8.32 Å². The number of aliphatic hydroxyl groups excluding tert-OH is 1. The zero-order valence-corrected chi connectivity index (χ0v) is 24.8. The van der Waals surface area contributed by atoms with Gasteiger partial charge in [0.05, 0.1) is 25.9 Å². The molecule has 1 aliphatic rings. The zero-order chi connectivity index (χ0) is 27.7. The Balaban J connectivity index is 1.90. The molecule has 2 aromatic rings. The summed E-state index contributed by atoms with van der Waals surface area (Å²) in [5.74, 6) is 0. The fraction of sp³-hybridized carbons (Fsp3) is 0.581. The molecule has 1 heterocycles. The lowest BCUT2D eigenvalue weighted by Gasteiger charge is -2.47. The van der Waals surface area contributed by atoms with Crippen LogP contribution in [0.5, 0.6) is 0 Å². The van der Waals surface area contributed by atoms with Crippen LogP contribution in [0.3, 0.4) is 0 Å². The molecular formula is C31H46O6Si. The largest absolute Gasteiger partial charge is 0.413 e. The highest BCUT2D eigenvalue weighted by molar-refractivity contribution is 6.77. The van der Waals surface area contributed by atoms with Gasteiger partial charge >= 0.3 is 0 Å². The van der Waals surface area contributed by atoms with E-state index in [4.69, 9.17) is 18.6 Å². The molecule has 0 unspecified atom stereocenters. The molecule has 5 atom stereocenters. The number of carbonyl (C=O) groups is 1. The van der Waals surface area contributed by atoms with Crippen molar-refractivity contribution < 1.29 is 28.5 Å². The van der Waals surface area contributed by atoms with E-state index in [0.717, 1.165) is 17.4 Å². The smallest absolute Gasteiger partial charge is 0.200 e. The van der Waals surface area contributed by atoms with Gasteiger partial charge < -0.3 is 28.5 Å². The molecule has 1 fully saturated rings. The highest BCUT2D eigenvalue weighted by Crippen LogP contribution is 2.43. The van der Waals surface area contributed by atoms with Crippen molar-refractivity contribution >= 4 is 14.6 Å². The molecule has 0 bridgehead atoms. The molecule has 6 nitrogen and oxygen atoms in total. The molecule has 0 aliphatic carbocycles. The predicted molar refractivity (Wildman–Crippen MR) is 152 cm³/mol. The van der Waals surface area contributed by atoms with Gasteiger partial charge in [0.25, 0.3) is 0 Å². The lowest BCUT2D eigenvalue weighted by atomic mass is 9.93. The number of ether oxygens (including phenoxy) is 3. The van der Waals surface area contributed by atoms with Crippen LogP contribution in [0.4, 0.5) is 0 Å². The number of aldehydes is 1. The minimum absolute atomic E-state index is 0.0788. The minimum Gasteiger partial charge on any atom is -0.413 e. The van der Waals surface area contributed by atoms with Crippen molar-refractivity contribution in [1.29, 1.82) is 0 Å². The third-order valence-corrected chi connectivity index (χ3v) is 13.9. The second-order valence-corrected chi connectivity index (χ2v) is 16.7. The number of benzene rings is 2. The highest BCUT2D eigenvalue weighted by Gasteiger charge is 2.50. The molecule has 2 aromatic carbocycles. The average Bonchev–Trinajstić information content (AvgIpc) is 2.89. The van der Waals surface area contributed by atoms with Gasteiger partial charge in [0.2, 0.25) is 0 Å². The van der Waals surface area contributed by atoms with Gasteiger partial charge in [0, 0.05) is 6.42 Å². The van der Waals surface area contributed by atoms with Crippen LogP contribution in [0.2, 0.25) is 16.6 Å². The summed E-state index contributed by atoms with van der Waals surface area (Å²) in [5.41, 5.74) is 3.26. The van der Waals surface area contributed by atoms with Crippen LogP contribution in [-0.2, 0) is 36.6 Å². The first kappa shape index (κ1) is 30.7. The van der Waals surface area contributed by atoms with Gasteiger partial charge in [-0.15, -0.1) is 0 Å². The summed E-state index contributed by atoms with van der Waals surface area (Å²) in [6, 6.07) is 19.8. The van der Waals surface area contributed by atoms with Gasteiger partial charge in [-0.1, -0.05) is 102 Å². The predicted octanol–water partition coefficient (Wildman–Crippen LogP) is 6.07. The second-order valence-electron chi connectivity index (χ2n) is 11.3. The molecule has 1 N–H and O–H groups in total. The molecule has 0 radical (unpaired) electrons. The average molecular weight is 543 g/mol. The molecule has 1 aliphatic heterocycles. The van der Waals surface area contributed by atoms with E-state index in [0.29, 0.717) is 36.4 Å². The van der Waals surface area contributed by atoms with Crippen LogP contribution in [-0.4, -0.2) is 56.8 Å². The third-order valence-electron chi connectivity index (χ3n) is 7.86. The summed E-state index contributed by atoms with van der Waals surface area (Å²) in [4.78, 5) is 11.5. The van der Waals surface area contributed by atoms with E-state index >= 15 is 0 Å². The maximum atomic E-state index is 11.5. The fourth-order valence-corrected chi connectivity index (χ4v) is 11.5. The molecule has 210 valence electrons. The lowest BCUT2D eigenvalue weighted by molar-refractivity contribution is -0.256. The Morgan fingerprint density at radius 1 is 0.789 bits per heavy atom. The molecule has 0 amide bonds. The van der Waals surface area contributed by atoms with E-state index in [9.17, 15) is 9.90 Å². The lowest BCUT2D eigenvalue weighted by Crippen LogP contribution is -2.61. The van der Waals surface area contributed by atoms with Gasteiger partial charge in [-0.05, 0) is 27.8 Å². The molecule has 38 heavy (non-hydrogen) atoms. The van der Waals surface area contributed by atoms with Crippen molar-refractivity contribution in [2.75, 3.05) is 6.61 Å². The van der Waals surface area contributed by atoms with Crippen molar-refractivity contribution in [1.82, 2.24) is 0 Å². The van der Waals surface area contributed by atoms with Crippen molar-refractivity contribution in [3.8, 4) is 0 Å². The first-order chi connectivity index (χ1) is 18.2. The molecule has 3 rings (SSSR count). The van der Waals surface area contributed by atoms with E-state index < -0.39 is 38.8 Å². The van der Waals surface area contributed by atoms with E-state index in [-0.39, 0.29) is 6.42 Å². The standard InChI is InChI=1S/C31H46O6Si/c1-22(2)38(23(3)4,24(5)6)36-21-28-30(34-19-25-13-9-7-10-14-25)31(29(33)27(37-28)17-18-32)35-20-26-15-11-8-12-16-26/h7-16,18,22-24,27-31,33H,17,19-21H2,1-6H3/t27-,28-,29-,30+,31+/m0/s1. The van der Waals surface area contributed by atoms with Crippen LogP contribution in [0.15, 0.2) is 60.7 Å². The third kappa shape index (κ3) is 7.40. The maximum absolute atomic E-state index is 11.5. The van der Waals surface area contributed by atoms with Crippen LogP contribution in [0.1, 0.15) is 59.1 Å². The number of aliphatic hydroxyl groups is 1. The molecule has 0 aromatic heterocycles. The molecule has 1 saturated heterocycles. The summed E-state index contributed by atoms with van der Waals surface area (Å²) in [5, 5.41) is 11.3. The van der Waals surface area contributed by atoms with Crippen LogP contribution in [0.25, 0.3) is 0 Å². The first-order valence-electron chi connectivity index (χ1n) is 13.9. The SMILES string of the molecule is CC(C)[Si](OC[C@@H]1O[C@@H](CC=O)[C@H](O)[C@@H](OCc2ccccc2)[C@@H]1OCc1ccccc1)(C(C)C)C(C)C. The Kier molecular flexibility index (Phi) is 11.7. The van der Waals surface area contributed by atoms with Gasteiger partial charge in [-0.3, -0.25) is 0 Å². The van der Waals surface area contributed by atoms with E-state index in [1.54, 1.807) is 0 Å². The fourth-order valence-electron chi connectivity index (χ4n) is 6.08. The van der Waals surface area contributed by atoms with Crippen LogP contribution < -0.4 is 0 Å². The molecule has 0 spiro atoms. The van der Waals surface area contributed by atoms with E-state index in [1.807, 2.05) is 60.7 Å². The van der Waals surface area contributed by atoms with Crippen molar-refractivity contribution in [2.24, 2.45) is 0 Å². The van der Waals surface area contributed by atoms with Gasteiger partial charge in [-0.2, -0.15) is 0 Å². The summed E-state index contributed by atoms with van der Waals surface area (Å²) in [7, 11) is -2.19. The Bertz CT molecular complexity index is 930. The quantitative estimate of drug-likeness (QED) is 0.231. The number of hydrogen-bond donors (Lipinski definition) is 1. The normalized spacial score (nSPS) is 24.3. The number of rotatable bonds is 14. The van der Waals surface area contributed by atoms with Crippen molar-refractivity contribution in [3.63, 3.8) is 0 Å². The van der Waals surface area contributed by atoms with Crippen molar-refractivity contribution in [2.45, 2.75) is 108 Å². The Hall–Kier alpha value is -1.87. The molecule has 0 saturated carbocycles.